The van der Waals surface area contributed by atoms with E-state index in [2.05, 4.69) is 13.8 Å². The Balaban J connectivity index is 0.000000321. The molecule has 0 saturated heterocycles. The molecule has 0 spiro atoms. The van der Waals surface area contributed by atoms with Gasteiger partial charge in [-0.3, -0.25) is 14.4 Å². The molecule has 0 aromatic heterocycles. The zero-order chi connectivity index (χ0) is 21.6. The molecule has 29 heavy (non-hydrogen) atoms. The number of ketones is 3. The van der Waals surface area contributed by atoms with E-state index in [0.29, 0.717) is 27.8 Å². The Morgan fingerprint density at radius 3 is 2.21 bits per heavy atom. The summed E-state index contributed by atoms with van der Waals surface area (Å²) in [4.78, 5) is 36.1. The molecule has 1 aromatic carbocycles. The summed E-state index contributed by atoms with van der Waals surface area (Å²) in [6.45, 7) is 7.70. The molecule has 3 rings (SSSR count). The van der Waals surface area contributed by atoms with E-state index in [-0.39, 0.29) is 17.3 Å². The molecule has 0 unspecified atom stereocenters. The third-order valence-electron chi connectivity index (χ3n) is 5.55. The summed E-state index contributed by atoms with van der Waals surface area (Å²) in [6, 6.07) is 3.16. The van der Waals surface area contributed by atoms with Crippen molar-refractivity contribution in [2.75, 3.05) is 0 Å². The third kappa shape index (κ3) is 5.18. The van der Waals surface area contributed by atoms with Gasteiger partial charge in [0.25, 0.3) is 0 Å². The van der Waals surface area contributed by atoms with E-state index in [0.717, 1.165) is 0 Å². The number of rotatable bonds is 6. The number of benzene rings is 1. The maximum absolute atomic E-state index is 12.5. The zero-order valence-corrected chi connectivity index (χ0v) is 18.0. The highest BCUT2D eigenvalue weighted by Crippen LogP contribution is 2.41. The molecule has 0 amide bonds. The largest absolute Gasteiger partial charge is 0.387 e. The minimum Gasteiger partial charge on any atom is -0.387 e. The first-order chi connectivity index (χ1) is 13.8. The molecule has 0 aliphatic heterocycles. The van der Waals surface area contributed by atoms with Crippen LogP contribution in [-0.2, 0) is 4.79 Å². The zero-order valence-electron chi connectivity index (χ0n) is 18.0. The molecule has 0 radical (unpaired) electrons. The van der Waals surface area contributed by atoms with Gasteiger partial charge in [-0.2, -0.15) is 0 Å². The van der Waals surface area contributed by atoms with E-state index in [1.807, 2.05) is 0 Å². The van der Waals surface area contributed by atoms with E-state index in [1.54, 1.807) is 19.1 Å². The van der Waals surface area contributed by atoms with E-state index in [4.69, 9.17) is 0 Å². The number of aliphatic hydroxyl groups excluding tert-OH is 1. The van der Waals surface area contributed by atoms with Gasteiger partial charge in [-0.05, 0) is 43.2 Å². The van der Waals surface area contributed by atoms with Gasteiger partial charge in [0.2, 0.25) is 0 Å². The van der Waals surface area contributed by atoms with E-state index >= 15 is 0 Å². The van der Waals surface area contributed by atoms with E-state index in [9.17, 15) is 19.5 Å². The van der Waals surface area contributed by atoms with Crippen LogP contribution in [0.3, 0.4) is 0 Å². The monoisotopic (exact) mass is 396 g/mol. The molecule has 0 heterocycles. The van der Waals surface area contributed by atoms with Crippen molar-refractivity contribution in [3.05, 3.63) is 58.2 Å². The summed E-state index contributed by atoms with van der Waals surface area (Å²) < 4.78 is 0. The predicted octanol–water partition coefficient (Wildman–Crippen LogP) is 5.48. The van der Waals surface area contributed by atoms with Gasteiger partial charge in [-0.15, -0.1) is 0 Å². The topological polar surface area (TPSA) is 71.4 Å². The lowest BCUT2D eigenvalue weighted by Crippen LogP contribution is -2.34. The lowest BCUT2D eigenvalue weighted by atomic mass is 9.72. The van der Waals surface area contributed by atoms with Crippen LogP contribution in [0.1, 0.15) is 97.2 Å². The summed E-state index contributed by atoms with van der Waals surface area (Å²) >= 11 is 0. The van der Waals surface area contributed by atoms with Crippen molar-refractivity contribution in [1.29, 1.82) is 0 Å². The second-order valence-corrected chi connectivity index (χ2v) is 7.86. The SMILES string of the molecule is CC(=O)c1cc2c(cc1C)C(=O)C1=CC=CC(=O)[C@H]1[C@H]2O.CCCCCCCC. The molecule has 4 nitrogen and oxygen atoms in total. The number of fused-ring (bicyclic) bond motifs is 2. The van der Waals surface area contributed by atoms with Crippen LogP contribution in [0, 0.1) is 12.8 Å². The molecule has 1 aromatic rings. The van der Waals surface area contributed by atoms with Gasteiger partial charge in [-0.25, -0.2) is 0 Å². The number of Topliss-reactive ketones (excluding diaryl/α,β-unsaturated/α-hetero) is 2. The van der Waals surface area contributed by atoms with Crippen LogP contribution in [0.2, 0.25) is 0 Å². The fourth-order valence-corrected chi connectivity index (χ4v) is 3.88. The normalized spacial score (nSPS) is 19.7. The van der Waals surface area contributed by atoms with E-state index in [1.165, 1.54) is 63.7 Å². The van der Waals surface area contributed by atoms with Crippen molar-refractivity contribution in [3.63, 3.8) is 0 Å². The van der Waals surface area contributed by atoms with Crippen LogP contribution >= 0.6 is 0 Å². The number of aliphatic hydroxyl groups is 1. The highest BCUT2D eigenvalue weighted by molar-refractivity contribution is 6.17. The van der Waals surface area contributed by atoms with Gasteiger partial charge in [0.15, 0.2) is 17.3 Å². The predicted molar refractivity (Wildman–Crippen MR) is 115 cm³/mol. The van der Waals surface area contributed by atoms with Crippen molar-refractivity contribution in [2.45, 2.75) is 72.3 Å². The molecular weight excluding hydrogens is 364 g/mol. The minimum atomic E-state index is -1.10. The molecule has 0 fully saturated rings. The molecule has 2 aliphatic carbocycles. The molecule has 2 atom stereocenters. The molecule has 1 N–H and O–H groups in total. The second kappa shape index (κ2) is 10.4. The molecule has 0 bridgehead atoms. The lowest BCUT2D eigenvalue weighted by Gasteiger charge is -2.31. The summed E-state index contributed by atoms with van der Waals surface area (Å²) in [5, 5.41) is 10.5. The number of carbonyl (C=O) groups is 3. The number of hydrogen-bond donors (Lipinski definition) is 1. The number of unbranched alkanes of at least 4 members (excludes halogenated alkanes) is 5. The average Bonchev–Trinajstić information content (AvgIpc) is 2.69. The van der Waals surface area contributed by atoms with Gasteiger partial charge in [0.05, 0.1) is 12.0 Å². The van der Waals surface area contributed by atoms with Crippen molar-refractivity contribution in [1.82, 2.24) is 0 Å². The smallest absolute Gasteiger partial charge is 0.190 e. The Labute approximate surface area is 173 Å². The average molecular weight is 397 g/mol. The first-order valence-corrected chi connectivity index (χ1v) is 10.6. The third-order valence-corrected chi connectivity index (χ3v) is 5.55. The van der Waals surface area contributed by atoms with Crippen LogP contribution in [-0.4, -0.2) is 22.5 Å². The standard InChI is InChI=1S/C17H14O4.C8H18/c1-8-6-12-13(7-11(8)9(2)18)17(21)15-10(16(12)20)4-3-5-14(15)19;1-3-5-7-8-6-4-2/h3-7,15,17,21H,1-2H3;3-8H2,1-2H3/t15-,17-;/m0./s1. The van der Waals surface area contributed by atoms with Gasteiger partial charge >= 0.3 is 0 Å². The maximum atomic E-state index is 12.5. The van der Waals surface area contributed by atoms with E-state index < -0.39 is 12.0 Å². The van der Waals surface area contributed by atoms with Crippen LogP contribution in [0.4, 0.5) is 0 Å². The van der Waals surface area contributed by atoms with Crippen molar-refractivity contribution in [2.24, 2.45) is 5.92 Å². The number of carbonyl (C=O) groups excluding carboxylic acids is 3. The number of hydrogen-bond acceptors (Lipinski definition) is 4. The Morgan fingerprint density at radius 2 is 1.66 bits per heavy atom. The second-order valence-electron chi connectivity index (χ2n) is 7.86. The quantitative estimate of drug-likeness (QED) is 0.511. The van der Waals surface area contributed by atoms with Crippen molar-refractivity contribution < 1.29 is 19.5 Å². The first kappa shape index (κ1) is 23.0. The molecule has 156 valence electrons. The Bertz CT molecular complexity index is 839. The fraction of sp³-hybridized carbons (Fsp3) is 0.480. The van der Waals surface area contributed by atoms with Gasteiger partial charge in [0, 0.05) is 16.7 Å². The first-order valence-electron chi connectivity index (χ1n) is 10.6. The van der Waals surface area contributed by atoms with Crippen LogP contribution in [0.5, 0.6) is 0 Å². The highest BCUT2D eigenvalue weighted by Gasteiger charge is 2.41. The Kier molecular flexibility index (Phi) is 8.27. The van der Waals surface area contributed by atoms with Crippen LogP contribution < -0.4 is 0 Å². The summed E-state index contributed by atoms with van der Waals surface area (Å²) in [5.41, 5.74) is 2.21. The number of allylic oxidation sites excluding steroid dienone is 3. The van der Waals surface area contributed by atoms with Crippen molar-refractivity contribution in [3.8, 4) is 0 Å². The molecular formula is C25H32O4. The van der Waals surface area contributed by atoms with Crippen molar-refractivity contribution >= 4 is 17.3 Å². The molecule has 4 heteroatoms. The number of aryl methyl sites for hydroxylation is 1. The molecule has 0 saturated carbocycles. The van der Waals surface area contributed by atoms with Gasteiger partial charge < -0.3 is 5.11 Å². The summed E-state index contributed by atoms with van der Waals surface area (Å²) in [7, 11) is 0. The summed E-state index contributed by atoms with van der Waals surface area (Å²) in [6.07, 6.45) is 11.9. The molecule has 2 aliphatic rings. The minimum absolute atomic E-state index is 0.133. The summed E-state index contributed by atoms with van der Waals surface area (Å²) in [5.74, 6) is -1.54. The maximum Gasteiger partial charge on any atom is 0.190 e. The van der Waals surface area contributed by atoms with Gasteiger partial charge in [-0.1, -0.05) is 64.5 Å². The Morgan fingerprint density at radius 1 is 1.03 bits per heavy atom. The highest BCUT2D eigenvalue weighted by atomic mass is 16.3. The lowest BCUT2D eigenvalue weighted by molar-refractivity contribution is -0.120. The van der Waals surface area contributed by atoms with Gasteiger partial charge in [0.1, 0.15) is 0 Å². The fourth-order valence-electron chi connectivity index (χ4n) is 3.88. The Hall–Kier alpha value is -2.33. The van der Waals surface area contributed by atoms with Crippen LogP contribution in [0.25, 0.3) is 0 Å². The van der Waals surface area contributed by atoms with Crippen LogP contribution in [0.15, 0.2) is 35.9 Å².